The van der Waals surface area contributed by atoms with Crippen molar-refractivity contribution in [2.75, 3.05) is 26.2 Å². The zero-order valence-electron chi connectivity index (χ0n) is 15.9. The zero-order valence-corrected chi connectivity index (χ0v) is 16.7. The highest BCUT2D eigenvalue weighted by Gasteiger charge is 2.30. The van der Waals surface area contributed by atoms with Crippen LogP contribution in [-0.2, 0) is 9.53 Å². The summed E-state index contributed by atoms with van der Waals surface area (Å²) < 4.78 is 5.13. The number of aromatic nitrogens is 1. The number of hydrogen-bond acceptors (Lipinski definition) is 6. The Morgan fingerprint density at radius 2 is 2.21 bits per heavy atom. The number of benzene rings is 1. The van der Waals surface area contributed by atoms with E-state index < -0.39 is 0 Å². The number of esters is 1. The van der Waals surface area contributed by atoms with E-state index >= 15 is 0 Å². The minimum Gasteiger partial charge on any atom is -0.506 e. The molecule has 3 rings (SSSR count). The molecule has 7 heteroatoms. The number of thiazole rings is 1. The highest BCUT2D eigenvalue weighted by atomic mass is 32.1. The fraction of sp³-hybridized carbons (Fsp3) is 0.381. The van der Waals surface area contributed by atoms with Gasteiger partial charge < -0.3 is 14.7 Å². The topological polar surface area (TPSA) is 87.6 Å². The fourth-order valence-corrected chi connectivity index (χ4v) is 4.31. The smallest absolute Gasteiger partial charge is 0.314 e. The Balaban J connectivity index is 1.73. The van der Waals surface area contributed by atoms with Crippen LogP contribution in [0.25, 0.3) is 16.8 Å². The number of nitriles is 1. The summed E-state index contributed by atoms with van der Waals surface area (Å²) in [6, 6.07) is 11.8. The third-order valence-electron chi connectivity index (χ3n) is 4.84. The maximum atomic E-state index is 12.0. The number of quaternary nitrogens is 1. The quantitative estimate of drug-likeness (QED) is 0.443. The van der Waals surface area contributed by atoms with Crippen LogP contribution in [0.3, 0.4) is 0 Å². The van der Waals surface area contributed by atoms with Gasteiger partial charge in [0.1, 0.15) is 29.1 Å². The van der Waals surface area contributed by atoms with Gasteiger partial charge >= 0.3 is 5.97 Å². The summed E-state index contributed by atoms with van der Waals surface area (Å²) >= 11 is 1.34. The summed E-state index contributed by atoms with van der Waals surface area (Å²) in [5.74, 6) is -0.293. The number of nitrogens with zero attached hydrogens (tertiary/aromatic N) is 2. The van der Waals surface area contributed by atoms with Gasteiger partial charge in [0.05, 0.1) is 25.4 Å². The van der Waals surface area contributed by atoms with E-state index in [1.807, 2.05) is 35.7 Å². The molecule has 6 nitrogen and oxygen atoms in total. The maximum absolute atomic E-state index is 12.0. The van der Waals surface area contributed by atoms with Crippen molar-refractivity contribution in [1.29, 1.82) is 5.26 Å². The number of carbonyl (C=O) groups excluding carboxylic acids is 1. The average Bonchev–Trinajstić information content (AvgIpc) is 3.19. The molecule has 1 saturated heterocycles. The van der Waals surface area contributed by atoms with Gasteiger partial charge in [0.15, 0.2) is 5.76 Å². The molecule has 1 aromatic heterocycles. The van der Waals surface area contributed by atoms with Crippen molar-refractivity contribution in [3.63, 3.8) is 0 Å². The first-order valence-corrected chi connectivity index (χ1v) is 10.3. The SMILES string of the molecule is CCOC(=O)[C@@H]1CCC[NH+](C/C(O)=C(\C#N)c2nc(-c3ccccc3)cs2)C1. The van der Waals surface area contributed by atoms with Crippen LogP contribution in [0.1, 0.15) is 24.8 Å². The molecule has 0 bridgehead atoms. The number of aliphatic hydroxyl groups is 1. The second kappa shape index (κ2) is 9.49. The van der Waals surface area contributed by atoms with Gasteiger partial charge in [-0.25, -0.2) is 4.98 Å². The molecule has 2 heterocycles. The number of hydrogen-bond donors (Lipinski definition) is 2. The first-order valence-electron chi connectivity index (χ1n) is 9.46. The molecule has 0 radical (unpaired) electrons. The highest BCUT2D eigenvalue weighted by Crippen LogP contribution is 2.26. The van der Waals surface area contributed by atoms with Crippen LogP contribution in [0, 0.1) is 17.2 Å². The third-order valence-corrected chi connectivity index (χ3v) is 5.70. The number of aliphatic hydroxyl groups excluding tert-OH is 1. The van der Waals surface area contributed by atoms with E-state index in [0.717, 1.165) is 35.5 Å². The van der Waals surface area contributed by atoms with Crippen molar-refractivity contribution in [1.82, 2.24) is 4.98 Å². The molecule has 2 aromatic rings. The number of nitrogens with one attached hydrogen (secondary N) is 1. The minimum atomic E-state index is -0.170. The van der Waals surface area contributed by atoms with Gasteiger partial charge in [-0.1, -0.05) is 30.3 Å². The van der Waals surface area contributed by atoms with E-state index in [4.69, 9.17) is 4.74 Å². The van der Waals surface area contributed by atoms with Crippen molar-refractivity contribution in [3.8, 4) is 17.3 Å². The normalized spacial score (nSPS) is 20.1. The molecule has 146 valence electrons. The van der Waals surface area contributed by atoms with Gasteiger partial charge in [0, 0.05) is 10.9 Å². The number of likely N-dealkylation sites (tertiary alicyclic amines) is 1. The first-order chi connectivity index (χ1) is 13.6. The molecule has 1 unspecified atom stereocenters. The van der Waals surface area contributed by atoms with Crippen LogP contribution < -0.4 is 4.90 Å². The molecule has 0 spiro atoms. The summed E-state index contributed by atoms with van der Waals surface area (Å²) in [7, 11) is 0. The number of allylic oxidation sites excluding steroid dienone is 1. The predicted octanol–water partition coefficient (Wildman–Crippen LogP) is 2.46. The summed E-state index contributed by atoms with van der Waals surface area (Å²) in [5.41, 5.74) is 1.97. The standard InChI is InChI=1S/C21H23N3O3S/c1-2-27-21(26)16-9-6-10-24(12-16)13-19(25)17(11-22)20-23-18(14-28-20)15-7-4-3-5-8-15/h3-5,7-8,14,16,25H,2,6,9-10,12-13H2,1H3/p+1/b19-17-/t16-/m1/s1. The van der Waals surface area contributed by atoms with Crippen molar-refractivity contribution >= 4 is 22.9 Å². The number of carbonyl (C=O) groups is 1. The molecule has 0 aliphatic carbocycles. The fourth-order valence-electron chi connectivity index (χ4n) is 3.46. The summed E-state index contributed by atoms with van der Waals surface area (Å²) in [6.07, 6.45) is 1.70. The second-order valence-corrected chi connectivity index (χ2v) is 7.67. The van der Waals surface area contributed by atoms with Gasteiger partial charge in [-0.05, 0) is 19.8 Å². The molecular weight excluding hydrogens is 374 g/mol. The van der Waals surface area contributed by atoms with Crippen LogP contribution in [0.2, 0.25) is 0 Å². The van der Waals surface area contributed by atoms with Crippen LogP contribution in [0.5, 0.6) is 0 Å². The number of piperidine rings is 1. The predicted molar refractivity (Wildman–Crippen MR) is 108 cm³/mol. The second-order valence-electron chi connectivity index (χ2n) is 6.81. The zero-order chi connectivity index (χ0) is 19.9. The minimum absolute atomic E-state index is 0.0240. The largest absolute Gasteiger partial charge is 0.506 e. The van der Waals surface area contributed by atoms with Crippen LogP contribution in [0.15, 0.2) is 41.5 Å². The lowest BCUT2D eigenvalue weighted by Gasteiger charge is -2.28. The van der Waals surface area contributed by atoms with Crippen molar-refractivity contribution in [3.05, 3.63) is 46.5 Å². The molecule has 1 aliphatic heterocycles. The maximum Gasteiger partial charge on any atom is 0.314 e. The molecule has 2 atom stereocenters. The van der Waals surface area contributed by atoms with Gasteiger partial charge in [-0.15, -0.1) is 11.3 Å². The molecule has 1 fully saturated rings. The van der Waals surface area contributed by atoms with E-state index in [-0.39, 0.29) is 23.2 Å². The number of ether oxygens (including phenoxy) is 1. The lowest BCUT2D eigenvalue weighted by Crippen LogP contribution is -3.14. The molecule has 1 aromatic carbocycles. The van der Waals surface area contributed by atoms with Crippen molar-refractivity contribution in [2.24, 2.45) is 5.92 Å². The summed E-state index contributed by atoms with van der Waals surface area (Å²) in [4.78, 5) is 17.6. The Bertz CT molecular complexity index is 886. The van der Waals surface area contributed by atoms with E-state index in [9.17, 15) is 15.2 Å². The lowest BCUT2D eigenvalue weighted by atomic mass is 9.98. The van der Waals surface area contributed by atoms with Crippen LogP contribution in [0.4, 0.5) is 0 Å². The Morgan fingerprint density at radius 1 is 1.43 bits per heavy atom. The third kappa shape index (κ3) is 4.77. The molecule has 0 amide bonds. The van der Waals surface area contributed by atoms with Gasteiger partial charge in [0.2, 0.25) is 0 Å². The van der Waals surface area contributed by atoms with Crippen molar-refractivity contribution in [2.45, 2.75) is 19.8 Å². The molecule has 0 saturated carbocycles. The Hall–Kier alpha value is -2.69. The molecule has 2 N–H and O–H groups in total. The van der Waals surface area contributed by atoms with E-state index in [0.29, 0.717) is 24.7 Å². The Labute approximate surface area is 168 Å². The monoisotopic (exact) mass is 398 g/mol. The number of rotatable bonds is 6. The van der Waals surface area contributed by atoms with Gasteiger partial charge in [-0.3, -0.25) is 4.79 Å². The summed E-state index contributed by atoms with van der Waals surface area (Å²) in [6.45, 7) is 3.94. The van der Waals surface area contributed by atoms with E-state index in [1.54, 1.807) is 6.92 Å². The Morgan fingerprint density at radius 3 is 2.93 bits per heavy atom. The van der Waals surface area contributed by atoms with Crippen LogP contribution >= 0.6 is 11.3 Å². The van der Waals surface area contributed by atoms with Crippen LogP contribution in [-0.4, -0.2) is 42.3 Å². The van der Waals surface area contributed by atoms with E-state index in [1.165, 1.54) is 11.3 Å². The average molecular weight is 399 g/mol. The first kappa shape index (κ1) is 20.1. The molecule has 28 heavy (non-hydrogen) atoms. The lowest BCUT2D eigenvalue weighted by molar-refractivity contribution is -0.904. The molecular formula is C21H24N3O3S+. The highest BCUT2D eigenvalue weighted by molar-refractivity contribution is 7.11. The van der Waals surface area contributed by atoms with Gasteiger partial charge in [0.25, 0.3) is 0 Å². The summed E-state index contributed by atoms with van der Waals surface area (Å²) in [5, 5.41) is 22.6. The van der Waals surface area contributed by atoms with Crippen molar-refractivity contribution < 1.29 is 19.5 Å². The van der Waals surface area contributed by atoms with E-state index in [2.05, 4.69) is 11.1 Å². The molecule has 1 aliphatic rings. The van der Waals surface area contributed by atoms with Gasteiger partial charge in [-0.2, -0.15) is 5.26 Å². The Kier molecular flexibility index (Phi) is 6.80.